The first-order valence-corrected chi connectivity index (χ1v) is 17.4. The monoisotopic (exact) mass is 657 g/mol. The number of nitrogens with two attached hydrogens (primary N) is 1. The van der Waals surface area contributed by atoms with Crippen molar-refractivity contribution in [2.45, 2.75) is 11.6 Å². The van der Waals surface area contributed by atoms with Crippen molar-refractivity contribution in [1.29, 1.82) is 0 Å². The molecule has 1 unspecified atom stereocenters. The molecular formula is C48H39N3. The molecule has 3 nitrogen and oxygen atoms in total. The lowest BCUT2D eigenvalue weighted by Gasteiger charge is -2.37. The van der Waals surface area contributed by atoms with Gasteiger partial charge in [0.2, 0.25) is 0 Å². The van der Waals surface area contributed by atoms with Crippen molar-refractivity contribution in [1.82, 2.24) is 4.90 Å². The fourth-order valence-corrected chi connectivity index (χ4v) is 7.45. The lowest BCUT2D eigenvalue weighted by atomic mass is 9.65. The summed E-state index contributed by atoms with van der Waals surface area (Å²) in [6.45, 7) is 0. The molecule has 0 spiro atoms. The summed E-state index contributed by atoms with van der Waals surface area (Å²) in [6, 6.07) is 68.9. The van der Waals surface area contributed by atoms with Crippen molar-refractivity contribution in [2.24, 2.45) is 4.99 Å². The second-order valence-electron chi connectivity index (χ2n) is 13.1. The first-order valence-electron chi connectivity index (χ1n) is 17.4. The van der Waals surface area contributed by atoms with Gasteiger partial charge in [-0.1, -0.05) is 182 Å². The summed E-state index contributed by atoms with van der Waals surface area (Å²) in [7, 11) is 2.13. The number of rotatable bonds is 8. The number of aliphatic imine (C=N–C) groups is 1. The standard InChI is InChI=1S/C48H39N3/c1-51-46(38-14-6-2-7-15-38)34-45(50-47(51)39-24-22-35(23-25-39)36-28-32-44(49)33-29-36)37-26-30-43(31-27-37)48(40-16-8-3-9-17-40,41-18-10-4-11-19-41)42-20-12-5-13-21-42/h2-34,47H,49H2,1H3. The summed E-state index contributed by atoms with van der Waals surface area (Å²) < 4.78 is 0. The number of anilines is 1. The van der Waals surface area contributed by atoms with Gasteiger partial charge in [0.15, 0.2) is 0 Å². The fraction of sp³-hybridized carbons (Fsp3) is 0.0625. The minimum atomic E-state index is -0.503. The molecule has 3 heteroatoms. The smallest absolute Gasteiger partial charge is 0.147 e. The van der Waals surface area contributed by atoms with Crippen LogP contribution in [0.3, 0.4) is 0 Å². The van der Waals surface area contributed by atoms with Crippen LogP contribution in [-0.4, -0.2) is 17.7 Å². The fourth-order valence-electron chi connectivity index (χ4n) is 7.45. The number of benzene rings is 7. The molecule has 0 saturated heterocycles. The van der Waals surface area contributed by atoms with Gasteiger partial charge in [0, 0.05) is 18.4 Å². The number of hydrogen-bond donors (Lipinski definition) is 1. The van der Waals surface area contributed by atoms with Crippen molar-refractivity contribution in [3.8, 4) is 11.1 Å². The summed E-state index contributed by atoms with van der Waals surface area (Å²) >= 11 is 0. The minimum absolute atomic E-state index is 0.197. The van der Waals surface area contributed by atoms with Crippen molar-refractivity contribution < 1.29 is 0 Å². The number of nitrogens with zero attached hydrogens (tertiary/aromatic N) is 2. The van der Waals surface area contributed by atoms with Gasteiger partial charge >= 0.3 is 0 Å². The first-order chi connectivity index (χ1) is 25.1. The van der Waals surface area contributed by atoms with Crippen LogP contribution in [0.15, 0.2) is 205 Å². The Hall–Kier alpha value is -6.45. The molecule has 0 saturated carbocycles. The second kappa shape index (κ2) is 13.8. The molecule has 0 fully saturated rings. The number of hydrogen-bond acceptors (Lipinski definition) is 3. The maximum atomic E-state index is 5.95. The SMILES string of the molecule is CN1C(c2ccccc2)=CC(c2ccc(C(c3ccccc3)(c3ccccc3)c3ccccc3)cc2)=NC1c1ccc(-c2ccc(N)cc2)cc1. The molecule has 0 bridgehead atoms. The van der Waals surface area contributed by atoms with Crippen LogP contribution in [-0.2, 0) is 5.41 Å². The average Bonchev–Trinajstić information content (AvgIpc) is 3.21. The van der Waals surface area contributed by atoms with Crippen LogP contribution in [0.4, 0.5) is 5.69 Å². The summed E-state index contributed by atoms with van der Waals surface area (Å²) in [4.78, 5) is 7.68. The molecule has 0 radical (unpaired) electrons. The lowest BCUT2D eigenvalue weighted by Crippen LogP contribution is -2.31. The Balaban J connectivity index is 1.24. The molecule has 0 amide bonds. The number of nitrogen functional groups attached to an aromatic ring is 1. The molecule has 51 heavy (non-hydrogen) atoms. The largest absolute Gasteiger partial charge is 0.399 e. The third kappa shape index (κ3) is 6.04. The zero-order chi connectivity index (χ0) is 34.6. The Morgan fingerprint density at radius 3 is 1.35 bits per heavy atom. The van der Waals surface area contributed by atoms with Gasteiger partial charge in [-0.3, -0.25) is 4.99 Å². The highest BCUT2D eigenvalue weighted by Gasteiger charge is 2.38. The molecule has 2 N–H and O–H groups in total. The van der Waals surface area contributed by atoms with Crippen LogP contribution in [0.1, 0.15) is 45.1 Å². The quantitative estimate of drug-likeness (QED) is 0.131. The van der Waals surface area contributed by atoms with Gasteiger partial charge in [0.1, 0.15) is 6.17 Å². The third-order valence-corrected chi connectivity index (χ3v) is 10.0. The van der Waals surface area contributed by atoms with E-state index >= 15 is 0 Å². The molecule has 246 valence electrons. The molecule has 1 heterocycles. The van der Waals surface area contributed by atoms with Crippen LogP contribution >= 0.6 is 0 Å². The van der Waals surface area contributed by atoms with Crippen LogP contribution in [0.25, 0.3) is 16.8 Å². The Kier molecular flexibility index (Phi) is 8.61. The van der Waals surface area contributed by atoms with E-state index in [1.54, 1.807) is 0 Å². The van der Waals surface area contributed by atoms with Crippen LogP contribution in [0.5, 0.6) is 0 Å². The second-order valence-corrected chi connectivity index (χ2v) is 13.1. The molecule has 8 rings (SSSR count). The van der Waals surface area contributed by atoms with Crippen LogP contribution in [0.2, 0.25) is 0 Å². The Labute approximate surface area is 300 Å². The van der Waals surface area contributed by atoms with E-state index in [-0.39, 0.29) is 6.17 Å². The van der Waals surface area contributed by atoms with Crippen LogP contribution in [0, 0.1) is 0 Å². The summed E-state index contributed by atoms with van der Waals surface area (Å²) in [6.07, 6.45) is 2.03. The molecular weight excluding hydrogens is 619 g/mol. The van der Waals surface area contributed by atoms with Crippen molar-refractivity contribution in [3.05, 3.63) is 239 Å². The molecule has 0 aromatic heterocycles. The van der Waals surface area contributed by atoms with Gasteiger partial charge in [0.25, 0.3) is 0 Å². The molecule has 1 aliphatic rings. The maximum Gasteiger partial charge on any atom is 0.147 e. The van der Waals surface area contributed by atoms with Gasteiger partial charge < -0.3 is 10.6 Å². The van der Waals surface area contributed by atoms with E-state index in [1.807, 2.05) is 12.1 Å². The highest BCUT2D eigenvalue weighted by atomic mass is 15.2. The summed E-state index contributed by atoms with van der Waals surface area (Å²) in [5.74, 6) is 0. The topological polar surface area (TPSA) is 41.6 Å². The lowest BCUT2D eigenvalue weighted by molar-refractivity contribution is 0.364. The normalized spacial score (nSPS) is 14.5. The van der Waals surface area contributed by atoms with E-state index in [0.29, 0.717) is 0 Å². The van der Waals surface area contributed by atoms with Gasteiger partial charge in [-0.25, -0.2) is 0 Å². The van der Waals surface area contributed by atoms with E-state index in [9.17, 15) is 0 Å². The van der Waals surface area contributed by atoms with Crippen LogP contribution < -0.4 is 5.73 Å². The van der Waals surface area contributed by atoms with Gasteiger partial charge in [-0.2, -0.15) is 0 Å². The van der Waals surface area contributed by atoms with Gasteiger partial charge in [0.05, 0.1) is 11.1 Å². The highest BCUT2D eigenvalue weighted by Crippen LogP contribution is 2.45. The molecule has 1 aliphatic heterocycles. The Morgan fingerprint density at radius 2 is 0.863 bits per heavy atom. The molecule has 7 aromatic rings. The highest BCUT2D eigenvalue weighted by molar-refractivity contribution is 6.13. The van der Waals surface area contributed by atoms with E-state index in [0.717, 1.165) is 44.9 Å². The predicted octanol–water partition coefficient (Wildman–Crippen LogP) is 10.8. The summed E-state index contributed by atoms with van der Waals surface area (Å²) in [5, 5.41) is 0. The third-order valence-electron chi connectivity index (χ3n) is 10.0. The Bertz CT molecular complexity index is 2180. The van der Waals surface area contributed by atoms with E-state index in [1.165, 1.54) is 22.3 Å². The first kappa shape index (κ1) is 31.8. The zero-order valence-electron chi connectivity index (χ0n) is 28.6. The van der Waals surface area contributed by atoms with Gasteiger partial charge in [-0.15, -0.1) is 0 Å². The van der Waals surface area contributed by atoms with Crippen molar-refractivity contribution >= 4 is 17.1 Å². The molecule has 1 atom stereocenters. The maximum absolute atomic E-state index is 5.95. The van der Waals surface area contributed by atoms with E-state index < -0.39 is 5.41 Å². The van der Waals surface area contributed by atoms with E-state index in [2.05, 4.69) is 200 Å². The average molecular weight is 658 g/mol. The van der Waals surface area contributed by atoms with Crippen molar-refractivity contribution in [2.75, 3.05) is 12.8 Å². The van der Waals surface area contributed by atoms with E-state index in [4.69, 9.17) is 10.7 Å². The predicted molar refractivity (Wildman–Crippen MR) is 213 cm³/mol. The van der Waals surface area contributed by atoms with Crippen molar-refractivity contribution in [3.63, 3.8) is 0 Å². The zero-order valence-corrected chi connectivity index (χ0v) is 28.6. The summed E-state index contributed by atoms with van der Waals surface area (Å²) in [5.41, 5.74) is 18.8. The Morgan fingerprint density at radius 1 is 0.451 bits per heavy atom. The van der Waals surface area contributed by atoms with Gasteiger partial charge in [-0.05, 0) is 68.3 Å². The molecule has 0 aliphatic carbocycles. The molecule has 7 aromatic carbocycles. The minimum Gasteiger partial charge on any atom is -0.399 e. The number of allylic oxidation sites excluding steroid dienone is 1.